The summed E-state index contributed by atoms with van der Waals surface area (Å²) in [7, 11) is 0. The molecule has 3 amide bonds. The Balaban J connectivity index is 1.53. The zero-order chi connectivity index (χ0) is 22.9. The van der Waals surface area contributed by atoms with Gasteiger partial charge in [-0.05, 0) is 42.8 Å². The van der Waals surface area contributed by atoms with Gasteiger partial charge in [-0.3, -0.25) is 14.4 Å². The highest BCUT2D eigenvalue weighted by atomic mass is 32.2. The van der Waals surface area contributed by atoms with Crippen molar-refractivity contribution in [1.82, 2.24) is 9.96 Å². The second kappa shape index (κ2) is 9.32. The lowest BCUT2D eigenvalue weighted by molar-refractivity contribution is -0.131. The molecule has 0 aromatic heterocycles. The standard InChI is InChI=1S/C21H19F3N2O4S2/c22-21(23,24)32-30-26-19(28)14-6-4-5-13-16(8-7-15(18(13)14)20(26)29)31-12-9-17(27)25-10-2-1-3-11-25/h4-8H,1-3,9-12H2. The van der Waals surface area contributed by atoms with Crippen molar-refractivity contribution >= 4 is 52.3 Å². The molecule has 0 bridgehead atoms. The second-order valence-electron chi connectivity index (χ2n) is 7.39. The lowest BCUT2D eigenvalue weighted by atomic mass is 9.95. The molecule has 11 heteroatoms. The number of hydrogen-bond acceptors (Lipinski definition) is 6. The number of benzene rings is 2. The SMILES string of the molecule is O=C(CCSc1ccc2c3c(cccc13)C(=O)N(OSC(F)(F)F)C2=O)N1CCCCC1. The molecular formula is C21H19F3N2O4S2. The molecule has 0 atom stereocenters. The van der Waals surface area contributed by atoms with Crippen LogP contribution in [0.4, 0.5) is 13.2 Å². The monoisotopic (exact) mass is 484 g/mol. The largest absolute Gasteiger partial charge is 0.470 e. The Kier molecular flexibility index (Phi) is 6.68. The summed E-state index contributed by atoms with van der Waals surface area (Å²) in [5.41, 5.74) is -4.59. The molecular weight excluding hydrogens is 465 g/mol. The molecule has 2 heterocycles. The molecule has 2 aliphatic rings. The number of imide groups is 1. The van der Waals surface area contributed by atoms with E-state index < -0.39 is 29.4 Å². The van der Waals surface area contributed by atoms with Gasteiger partial charge < -0.3 is 4.90 Å². The van der Waals surface area contributed by atoms with E-state index in [9.17, 15) is 27.6 Å². The molecule has 6 nitrogen and oxygen atoms in total. The minimum atomic E-state index is -4.76. The predicted octanol–water partition coefficient (Wildman–Crippen LogP) is 5.03. The van der Waals surface area contributed by atoms with Gasteiger partial charge in [-0.2, -0.15) is 17.5 Å². The molecule has 0 aliphatic carbocycles. The Morgan fingerprint density at radius 2 is 1.69 bits per heavy atom. The maximum Gasteiger partial charge on any atom is 0.470 e. The summed E-state index contributed by atoms with van der Waals surface area (Å²) >= 11 is 0.528. The quantitative estimate of drug-likeness (QED) is 0.326. The third kappa shape index (κ3) is 4.74. The number of hydrogen-bond donors (Lipinski definition) is 0. The number of rotatable bonds is 6. The summed E-state index contributed by atoms with van der Waals surface area (Å²) in [4.78, 5) is 40.4. The number of piperidine rings is 1. The molecule has 2 aromatic carbocycles. The number of alkyl halides is 3. The van der Waals surface area contributed by atoms with Crippen LogP contribution in [0.2, 0.25) is 0 Å². The molecule has 32 heavy (non-hydrogen) atoms. The fourth-order valence-electron chi connectivity index (χ4n) is 3.87. The summed E-state index contributed by atoms with van der Waals surface area (Å²) in [5, 5.41) is 1.16. The zero-order valence-electron chi connectivity index (χ0n) is 16.8. The summed E-state index contributed by atoms with van der Waals surface area (Å²) in [6.07, 6.45) is 3.58. The van der Waals surface area contributed by atoms with Crippen LogP contribution in [-0.2, 0) is 9.08 Å². The van der Waals surface area contributed by atoms with Gasteiger partial charge in [0, 0.05) is 35.5 Å². The van der Waals surface area contributed by atoms with E-state index in [1.807, 2.05) is 4.90 Å². The van der Waals surface area contributed by atoms with Crippen molar-refractivity contribution in [2.75, 3.05) is 18.8 Å². The van der Waals surface area contributed by atoms with Crippen molar-refractivity contribution in [1.29, 1.82) is 0 Å². The number of likely N-dealkylation sites (tertiary alicyclic amines) is 1. The molecule has 1 fully saturated rings. The number of carbonyl (C=O) groups excluding carboxylic acids is 3. The van der Waals surface area contributed by atoms with Gasteiger partial charge >= 0.3 is 5.51 Å². The van der Waals surface area contributed by atoms with Gasteiger partial charge in [0.1, 0.15) is 12.0 Å². The van der Waals surface area contributed by atoms with E-state index >= 15 is 0 Å². The van der Waals surface area contributed by atoms with Gasteiger partial charge in [0.15, 0.2) is 0 Å². The van der Waals surface area contributed by atoms with E-state index in [1.54, 1.807) is 18.2 Å². The van der Waals surface area contributed by atoms with Crippen LogP contribution in [0.3, 0.4) is 0 Å². The van der Waals surface area contributed by atoms with Crippen LogP contribution in [0, 0.1) is 0 Å². The van der Waals surface area contributed by atoms with E-state index in [4.69, 9.17) is 0 Å². The van der Waals surface area contributed by atoms with E-state index in [0.717, 1.165) is 37.2 Å². The topological polar surface area (TPSA) is 66.9 Å². The van der Waals surface area contributed by atoms with E-state index in [1.165, 1.54) is 23.9 Å². The fraction of sp³-hybridized carbons (Fsp3) is 0.381. The van der Waals surface area contributed by atoms with Gasteiger partial charge in [0.25, 0.3) is 11.8 Å². The molecule has 0 radical (unpaired) electrons. The molecule has 170 valence electrons. The first-order valence-electron chi connectivity index (χ1n) is 10.0. The third-order valence-corrected chi connectivity index (χ3v) is 6.81. The molecule has 0 spiro atoms. The normalized spacial score (nSPS) is 16.7. The van der Waals surface area contributed by atoms with Crippen LogP contribution >= 0.6 is 23.8 Å². The number of nitrogens with zero attached hydrogens (tertiary/aromatic N) is 2. The minimum absolute atomic E-state index is 0.0896. The van der Waals surface area contributed by atoms with Crippen LogP contribution in [0.5, 0.6) is 0 Å². The minimum Gasteiger partial charge on any atom is -0.343 e. The third-order valence-electron chi connectivity index (χ3n) is 5.32. The van der Waals surface area contributed by atoms with Gasteiger partial charge in [0.2, 0.25) is 5.91 Å². The maximum absolute atomic E-state index is 12.7. The first-order chi connectivity index (χ1) is 15.3. The van der Waals surface area contributed by atoms with Gasteiger partial charge in [-0.1, -0.05) is 12.1 Å². The Bertz CT molecular complexity index is 1050. The average molecular weight is 485 g/mol. The van der Waals surface area contributed by atoms with Crippen molar-refractivity contribution < 1.29 is 31.8 Å². The van der Waals surface area contributed by atoms with Gasteiger partial charge in [-0.15, -0.1) is 16.8 Å². The van der Waals surface area contributed by atoms with Crippen molar-refractivity contribution in [3.05, 3.63) is 41.5 Å². The summed E-state index contributed by atoms with van der Waals surface area (Å²) in [6.45, 7) is 1.58. The smallest absolute Gasteiger partial charge is 0.343 e. The molecule has 0 N–H and O–H groups in total. The van der Waals surface area contributed by atoms with Gasteiger partial charge in [-0.25, -0.2) is 0 Å². The molecule has 2 aromatic rings. The summed E-state index contributed by atoms with van der Waals surface area (Å²) in [5.74, 6) is -1.26. The molecule has 0 unspecified atom stereocenters. The fourth-order valence-corrected chi connectivity index (χ4v) is 5.15. The second-order valence-corrected chi connectivity index (χ2v) is 9.30. The summed E-state index contributed by atoms with van der Waals surface area (Å²) in [6, 6.07) is 7.96. The van der Waals surface area contributed by atoms with Crippen LogP contribution in [-0.4, -0.2) is 52.0 Å². The Hall–Kier alpha value is -2.24. The first kappa shape index (κ1) is 22.9. The Morgan fingerprint density at radius 1 is 1.00 bits per heavy atom. The number of thioether (sulfide) groups is 1. The van der Waals surface area contributed by atoms with Crippen LogP contribution in [0.1, 0.15) is 46.4 Å². The van der Waals surface area contributed by atoms with Crippen LogP contribution < -0.4 is 0 Å². The highest BCUT2D eigenvalue weighted by molar-refractivity contribution is 7.99. The number of hydroxylamine groups is 2. The molecule has 0 saturated carbocycles. The van der Waals surface area contributed by atoms with Gasteiger partial charge in [0.05, 0.1) is 11.1 Å². The Labute approximate surface area is 190 Å². The van der Waals surface area contributed by atoms with Crippen LogP contribution in [0.15, 0.2) is 35.2 Å². The predicted molar refractivity (Wildman–Crippen MR) is 115 cm³/mol. The van der Waals surface area contributed by atoms with Crippen molar-refractivity contribution in [3.63, 3.8) is 0 Å². The number of halogens is 3. The molecule has 4 rings (SSSR count). The van der Waals surface area contributed by atoms with Crippen molar-refractivity contribution in [2.24, 2.45) is 0 Å². The molecule has 2 aliphatic heterocycles. The molecule has 1 saturated heterocycles. The van der Waals surface area contributed by atoms with E-state index in [0.29, 0.717) is 22.9 Å². The Morgan fingerprint density at radius 3 is 2.38 bits per heavy atom. The highest BCUT2D eigenvalue weighted by Gasteiger charge is 2.39. The van der Waals surface area contributed by atoms with E-state index in [-0.39, 0.29) is 22.1 Å². The van der Waals surface area contributed by atoms with Crippen molar-refractivity contribution in [3.8, 4) is 0 Å². The van der Waals surface area contributed by atoms with Crippen molar-refractivity contribution in [2.45, 2.75) is 36.1 Å². The van der Waals surface area contributed by atoms with Crippen LogP contribution in [0.25, 0.3) is 10.8 Å². The average Bonchev–Trinajstić information content (AvgIpc) is 2.77. The highest BCUT2D eigenvalue weighted by Crippen LogP contribution is 2.38. The first-order valence-corrected chi connectivity index (χ1v) is 11.8. The number of carbonyl (C=O) groups is 3. The lowest BCUT2D eigenvalue weighted by Gasteiger charge is -2.27. The van der Waals surface area contributed by atoms with E-state index in [2.05, 4.69) is 4.28 Å². The number of amides is 3. The zero-order valence-corrected chi connectivity index (χ0v) is 18.4. The maximum atomic E-state index is 12.7. The lowest BCUT2D eigenvalue weighted by Crippen LogP contribution is -2.39. The summed E-state index contributed by atoms with van der Waals surface area (Å²) < 4.78 is 41.9.